The zero-order chi connectivity index (χ0) is 12.6. The summed E-state index contributed by atoms with van der Waals surface area (Å²) in [7, 11) is 0. The second kappa shape index (κ2) is 6.80. The normalized spacial score (nSPS) is 12.7. The Morgan fingerprint density at radius 2 is 1.50 bits per heavy atom. The highest BCUT2D eigenvalue weighted by molar-refractivity contribution is 5.48. The molecule has 0 aliphatic carbocycles. The Hall–Kier alpha value is -1.82. The van der Waals surface area contributed by atoms with Gasteiger partial charge in [0.1, 0.15) is 0 Å². The lowest BCUT2D eigenvalue weighted by molar-refractivity contribution is 0.591. The Bertz CT molecular complexity index is 468. The molecule has 2 aromatic rings. The summed E-state index contributed by atoms with van der Waals surface area (Å²) in [6.45, 7) is 2.31. The van der Waals surface area contributed by atoms with Gasteiger partial charge in [0.05, 0.1) is 0 Å². The largest absolute Gasteiger partial charge is 0.0837 e. The van der Waals surface area contributed by atoms with Crippen LogP contribution in [-0.4, -0.2) is 0 Å². The lowest BCUT2D eigenvalue weighted by Gasteiger charge is -2.08. The highest BCUT2D eigenvalue weighted by atomic mass is 14.1. The van der Waals surface area contributed by atoms with E-state index in [0.717, 1.165) is 12.8 Å². The van der Waals surface area contributed by atoms with Gasteiger partial charge in [-0.05, 0) is 29.9 Å². The molecule has 0 radical (unpaired) electrons. The van der Waals surface area contributed by atoms with Crippen molar-refractivity contribution in [2.24, 2.45) is 5.92 Å². The third-order valence-electron chi connectivity index (χ3n) is 3.08. The molecular formula is C18H20. The Kier molecular flexibility index (Phi) is 4.78. The minimum absolute atomic E-state index is 0.687. The molecule has 0 heterocycles. The topological polar surface area (TPSA) is 0 Å². The molecule has 0 bridgehead atoms. The lowest BCUT2D eigenvalue weighted by atomic mass is 9.98. The van der Waals surface area contributed by atoms with Crippen LogP contribution in [0.5, 0.6) is 0 Å². The average Bonchev–Trinajstić information content (AvgIpc) is 2.41. The van der Waals surface area contributed by atoms with E-state index in [1.807, 2.05) is 0 Å². The van der Waals surface area contributed by atoms with Crippen molar-refractivity contribution in [3.05, 3.63) is 77.9 Å². The number of hydrogen-bond acceptors (Lipinski definition) is 0. The van der Waals surface area contributed by atoms with Crippen LogP contribution in [0.2, 0.25) is 0 Å². The van der Waals surface area contributed by atoms with Gasteiger partial charge in [0, 0.05) is 0 Å². The van der Waals surface area contributed by atoms with Crippen LogP contribution in [0, 0.1) is 5.92 Å². The SMILES string of the molecule is C[C@@H](CC=Cc1ccccc1)Cc1ccccc1. The van der Waals surface area contributed by atoms with Crippen molar-refractivity contribution in [2.45, 2.75) is 19.8 Å². The minimum Gasteiger partial charge on any atom is -0.0837 e. The predicted molar refractivity (Wildman–Crippen MR) is 79.4 cm³/mol. The zero-order valence-corrected chi connectivity index (χ0v) is 10.9. The molecule has 0 heteroatoms. The maximum atomic E-state index is 2.31. The van der Waals surface area contributed by atoms with Gasteiger partial charge in [0.25, 0.3) is 0 Å². The van der Waals surface area contributed by atoms with Gasteiger partial charge in [-0.25, -0.2) is 0 Å². The van der Waals surface area contributed by atoms with Crippen molar-refractivity contribution in [1.29, 1.82) is 0 Å². The monoisotopic (exact) mass is 236 g/mol. The van der Waals surface area contributed by atoms with Gasteiger partial charge in [-0.15, -0.1) is 0 Å². The van der Waals surface area contributed by atoms with E-state index in [9.17, 15) is 0 Å². The molecule has 2 aromatic carbocycles. The Balaban J connectivity index is 1.82. The quantitative estimate of drug-likeness (QED) is 0.687. The number of benzene rings is 2. The van der Waals surface area contributed by atoms with Gasteiger partial charge in [-0.1, -0.05) is 79.7 Å². The van der Waals surface area contributed by atoms with Crippen molar-refractivity contribution in [1.82, 2.24) is 0 Å². The van der Waals surface area contributed by atoms with Crippen molar-refractivity contribution < 1.29 is 0 Å². The summed E-state index contributed by atoms with van der Waals surface area (Å²) >= 11 is 0. The molecule has 0 aliphatic rings. The Morgan fingerprint density at radius 3 is 2.17 bits per heavy atom. The van der Waals surface area contributed by atoms with E-state index in [4.69, 9.17) is 0 Å². The van der Waals surface area contributed by atoms with Crippen LogP contribution in [0.15, 0.2) is 66.7 Å². The molecule has 0 aromatic heterocycles. The summed E-state index contributed by atoms with van der Waals surface area (Å²) < 4.78 is 0. The van der Waals surface area contributed by atoms with Gasteiger partial charge < -0.3 is 0 Å². The molecule has 0 nitrogen and oxygen atoms in total. The van der Waals surface area contributed by atoms with Crippen molar-refractivity contribution in [3.63, 3.8) is 0 Å². The van der Waals surface area contributed by atoms with Crippen molar-refractivity contribution in [2.75, 3.05) is 0 Å². The molecular weight excluding hydrogens is 216 g/mol. The van der Waals surface area contributed by atoms with E-state index in [0.29, 0.717) is 5.92 Å². The molecule has 0 unspecified atom stereocenters. The predicted octanol–water partition coefficient (Wildman–Crippen LogP) is 4.97. The number of allylic oxidation sites excluding steroid dienone is 1. The van der Waals surface area contributed by atoms with Crippen LogP contribution in [0.4, 0.5) is 0 Å². The molecule has 0 aliphatic heterocycles. The van der Waals surface area contributed by atoms with Crippen LogP contribution in [0.25, 0.3) is 6.08 Å². The van der Waals surface area contributed by atoms with E-state index >= 15 is 0 Å². The zero-order valence-electron chi connectivity index (χ0n) is 10.9. The first kappa shape index (κ1) is 12.6. The molecule has 2 rings (SSSR count). The molecule has 1 atom stereocenters. The van der Waals surface area contributed by atoms with Gasteiger partial charge in [0.15, 0.2) is 0 Å². The first-order valence-corrected chi connectivity index (χ1v) is 6.60. The smallest absolute Gasteiger partial charge is 0.0250 e. The van der Waals surface area contributed by atoms with Gasteiger partial charge >= 0.3 is 0 Å². The highest BCUT2D eigenvalue weighted by Crippen LogP contribution is 2.13. The second-order valence-corrected chi connectivity index (χ2v) is 4.84. The fraction of sp³-hybridized carbons (Fsp3) is 0.222. The lowest BCUT2D eigenvalue weighted by Crippen LogP contribution is -1.97. The van der Waals surface area contributed by atoms with E-state index in [-0.39, 0.29) is 0 Å². The maximum absolute atomic E-state index is 2.31. The van der Waals surface area contributed by atoms with E-state index in [1.54, 1.807) is 0 Å². The first-order chi connectivity index (χ1) is 8.84. The van der Waals surface area contributed by atoms with E-state index in [1.165, 1.54) is 11.1 Å². The molecule has 0 N–H and O–H groups in total. The molecule has 92 valence electrons. The molecule has 0 saturated carbocycles. The van der Waals surface area contributed by atoms with Gasteiger partial charge in [0.2, 0.25) is 0 Å². The Morgan fingerprint density at radius 1 is 0.889 bits per heavy atom. The van der Waals surface area contributed by atoms with Crippen molar-refractivity contribution in [3.8, 4) is 0 Å². The molecule has 0 amide bonds. The average molecular weight is 236 g/mol. The van der Waals surface area contributed by atoms with Crippen molar-refractivity contribution >= 4 is 6.08 Å². The third-order valence-corrected chi connectivity index (χ3v) is 3.08. The first-order valence-electron chi connectivity index (χ1n) is 6.60. The van der Waals surface area contributed by atoms with E-state index in [2.05, 4.69) is 79.7 Å². The molecule has 0 spiro atoms. The molecule has 18 heavy (non-hydrogen) atoms. The van der Waals surface area contributed by atoms with Crippen LogP contribution in [0.3, 0.4) is 0 Å². The van der Waals surface area contributed by atoms with Crippen LogP contribution in [-0.2, 0) is 6.42 Å². The van der Waals surface area contributed by atoms with Gasteiger partial charge in [-0.3, -0.25) is 0 Å². The van der Waals surface area contributed by atoms with E-state index < -0.39 is 0 Å². The van der Waals surface area contributed by atoms with Crippen LogP contribution >= 0.6 is 0 Å². The van der Waals surface area contributed by atoms with Gasteiger partial charge in [-0.2, -0.15) is 0 Å². The fourth-order valence-electron chi connectivity index (χ4n) is 2.10. The summed E-state index contributed by atoms with van der Waals surface area (Å²) in [4.78, 5) is 0. The minimum atomic E-state index is 0.687. The molecule has 0 saturated heterocycles. The van der Waals surface area contributed by atoms with Crippen LogP contribution < -0.4 is 0 Å². The fourth-order valence-corrected chi connectivity index (χ4v) is 2.10. The standard InChI is InChI=1S/C18H20/c1-16(15-18-12-6-3-7-13-18)9-8-14-17-10-4-2-5-11-17/h2-8,10-14,16H,9,15H2,1H3/t16-/m0/s1. The second-order valence-electron chi connectivity index (χ2n) is 4.84. The highest BCUT2D eigenvalue weighted by Gasteiger charge is 2.00. The number of rotatable bonds is 5. The summed E-state index contributed by atoms with van der Waals surface area (Å²) in [5, 5.41) is 0. The summed E-state index contributed by atoms with van der Waals surface area (Å²) in [5.41, 5.74) is 2.71. The number of hydrogen-bond donors (Lipinski definition) is 0. The summed E-state index contributed by atoms with van der Waals surface area (Å²) in [6.07, 6.45) is 6.77. The maximum Gasteiger partial charge on any atom is -0.0250 e. The molecule has 0 fully saturated rings. The summed E-state index contributed by atoms with van der Waals surface area (Å²) in [6, 6.07) is 21.2. The summed E-state index contributed by atoms with van der Waals surface area (Å²) in [5.74, 6) is 0.687. The third kappa shape index (κ3) is 4.21. The van der Waals surface area contributed by atoms with Crippen LogP contribution in [0.1, 0.15) is 24.5 Å². The Labute approximate surface area is 110 Å².